The maximum atomic E-state index is 11.9. The van der Waals surface area contributed by atoms with Crippen molar-refractivity contribution in [3.8, 4) is 11.8 Å². The molecule has 21 heavy (non-hydrogen) atoms. The largest absolute Gasteiger partial charge is 0.384 e. The Morgan fingerprint density at radius 1 is 1.38 bits per heavy atom. The lowest BCUT2D eigenvalue weighted by molar-refractivity contribution is 0.0953. The Morgan fingerprint density at radius 3 is 2.76 bits per heavy atom. The molecule has 0 spiro atoms. The molecule has 0 aliphatic heterocycles. The molecule has 2 N–H and O–H groups in total. The second-order valence-corrected chi connectivity index (χ2v) is 4.28. The molecule has 0 aliphatic rings. The van der Waals surface area contributed by atoms with Gasteiger partial charge in [0, 0.05) is 24.1 Å². The van der Waals surface area contributed by atoms with Crippen LogP contribution >= 0.6 is 0 Å². The Morgan fingerprint density at radius 2 is 2.14 bits per heavy atom. The Labute approximate surface area is 122 Å². The van der Waals surface area contributed by atoms with Crippen molar-refractivity contribution in [3.63, 3.8) is 0 Å². The number of carbonyl (C=O) groups is 1. The highest BCUT2D eigenvalue weighted by atomic mass is 16.5. The zero-order valence-electron chi connectivity index (χ0n) is 11.6. The van der Waals surface area contributed by atoms with Crippen molar-refractivity contribution in [1.82, 2.24) is 15.5 Å². The van der Waals surface area contributed by atoms with E-state index in [0.29, 0.717) is 30.2 Å². The van der Waals surface area contributed by atoms with Crippen LogP contribution in [-0.4, -0.2) is 34.3 Å². The van der Waals surface area contributed by atoms with Crippen molar-refractivity contribution in [2.45, 2.75) is 13.3 Å². The number of hydrogen-bond donors (Lipinski definition) is 2. The lowest BCUT2D eigenvalue weighted by Gasteiger charge is -2.03. The zero-order valence-corrected chi connectivity index (χ0v) is 11.6. The molecule has 0 saturated heterocycles. The number of nitrogens with one attached hydrogen (secondary N) is 1. The Kier molecular flexibility index (Phi) is 5.07. The predicted octanol–water partition coefficient (Wildman–Crippen LogP) is 0.694. The molecule has 1 heterocycles. The van der Waals surface area contributed by atoms with E-state index >= 15 is 0 Å². The summed E-state index contributed by atoms with van der Waals surface area (Å²) in [5, 5.41) is 15.1. The van der Waals surface area contributed by atoms with E-state index in [2.05, 4.69) is 27.3 Å². The van der Waals surface area contributed by atoms with E-state index < -0.39 is 0 Å². The minimum absolute atomic E-state index is 0.173. The molecule has 0 radical (unpaired) electrons. The van der Waals surface area contributed by atoms with Crippen molar-refractivity contribution in [2.75, 3.05) is 13.2 Å². The van der Waals surface area contributed by atoms with Gasteiger partial charge in [0.1, 0.15) is 6.61 Å². The van der Waals surface area contributed by atoms with E-state index in [0.717, 1.165) is 5.56 Å². The number of nitrogens with zero attached hydrogens (tertiary/aromatic N) is 2. The molecule has 108 valence electrons. The fourth-order valence-electron chi connectivity index (χ4n) is 1.67. The van der Waals surface area contributed by atoms with Gasteiger partial charge in [-0.2, -0.15) is 4.98 Å². The first-order valence-corrected chi connectivity index (χ1v) is 6.46. The highest BCUT2D eigenvalue weighted by Gasteiger charge is 2.06. The van der Waals surface area contributed by atoms with Crippen molar-refractivity contribution >= 4 is 5.91 Å². The highest BCUT2D eigenvalue weighted by Crippen LogP contribution is 2.03. The van der Waals surface area contributed by atoms with Crippen LogP contribution < -0.4 is 5.32 Å². The summed E-state index contributed by atoms with van der Waals surface area (Å²) in [7, 11) is 0. The van der Waals surface area contributed by atoms with Gasteiger partial charge in [-0.05, 0) is 31.2 Å². The molecule has 1 aromatic heterocycles. The monoisotopic (exact) mass is 285 g/mol. The van der Waals surface area contributed by atoms with Crippen LogP contribution in [0.1, 0.15) is 27.6 Å². The maximum absolute atomic E-state index is 11.9. The molecule has 0 atom stereocenters. The van der Waals surface area contributed by atoms with Crippen LogP contribution in [0.2, 0.25) is 0 Å². The van der Waals surface area contributed by atoms with Gasteiger partial charge in [-0.15, -0.1) is 0 Å². The lowest BCUT2D eigenvalue weighted by Crippen LogP contribution is -2.25. The quantitative estimate of drug-likeness (QED) is 0.807. The summed E-state index contributed by atoms with van der Waals surface area (Å²) in [6.45, 7) is 1.98. The van der Waals surface area contributed by atoms with Gasteiger partial charge in [0.05, 0.1) is 0 Å². The summed E-state index contributed by atoms with van der Waals surface area (Å²) >= 11 is 0. The number of aliphatic hydroxyl groups is 1. The number of benzene rings is 1. The molecule has 0 fully saturated rings. The maximum Gasteiger partial charge on any atom is 0.251 e. The summed E-state index contributed by atoms with van der Waals surface area (Å²) in [4.78, 5) is 16.0. The summed E-state index contributed by atoms with van der Waals surface area (Å²) in [5.74, 6) is 6.23. The van der Waals surface area contributed by atoms with Gasteiger partial charge in [-0.3, -0.25) is 4.79 Å². The van der Waals surface area contributed by atoms with E-state index in [1.807, 2.05) is 0 Å². The molecular weight excluding hydrogens is 270 g/mol. The number of hydrogen-bond acceptors (Lipinski definition) is 5. The molecule has 6 heteroatoms. The number of aromatic nitrogens is 2. The lowest BCUT2D eigenvalue weighted by atomic mass is 10.1. The molecule has 0 unspecified atom stereocenters. The first kappa shape index (κ1) is 14.8. The fourth-order valence-corrected chi connectivity index (χ4v) is 1.67. The number of carbonyl (C=O) groups excluding carboxylic acids is 1. The van der Waals surface area contributed by atoms with Crippen molar-refractivity contribution < 1.29 is 14.4 Å². The first-order valence-electron chi connectivity index (χ1n) is 6.46. The molecule has 2 rings (SSSR count). The Balaban J connectivity index is 1.85. The smallest absolute Gasteiger partial charge is 0.251 e. The fraction of sp³-hybridized carbons (Fsp3) is 0.267. The summed E-state index contributed by atoms with van der Waals surface area (Å²) in [6.07, 6.45) is 0.493. The van der Waals surface area contributed by atoms with E-state index in [1.54, 1.807) is 31.2 Å². The third-order valence-electron chi connectivity index (χ3n) is 2.65. The second kappa shape index (κ2) is 7.22. The van der Waals surface area contributed by atoms with E-state index in [9.17, 15) is 4.79 Å². The number of aryl methyl sites for hydroxylation is 1. The van der Waals surface area contributed by atoms with E-state index in [1.165, 1.54) is 0 Å². The van der Waals surface area contributed by atoms with E-state index in [-0.39, 0.29) is 12.5 Å². The van der Waals surface area contributed by atoms with Crippen LogP contribution in [0.4, 0.5) is 0 Å². The Hall–Kier alpha value is -2.65. The minimum Gasteiger partial charge on any atom is -0.384 e. The molecule has 6 nitrogen and oxygen atoms in total. The number of aliphatic hydroxyl groups excluding tert-OH is 1. The molecule has 1 aromatic carbocycles. The van der Waals surface area contributed by atoms with Gasteiger partial charge in [-0.25, -0.2) is 0 Å². The topological polar surface area (TPSA) is 88.2 Å². The average Bonchev–Trinajstić information content (AvgIpc) is 2.91. The van der Waals surface area contributed by atoms with Gasteiger partial charge >= 0.3 is 0 Å². The molecule has 2 aromatic rings. The third-order valence-corrected chi connectivity index (χ3v) is 2.65. The van der Waals surface area contributed by atoms with Crippen LogP contribution in [-0.2, 0) is 6.42 Å². The van der Waals surface area contributed by atoms with Crippen molar-refractivity contribution in [2.24, 2.45) is 0 Å². The van der Waals surface area contributed by atoms with Gasteiger partial charge in [0.25, 0.3) is 5.91 Å². The van der Waals surface area contributed by atoms with Gasteiger partial charge in [-0.1, -0.05) is 17.0 Å². The van der Waals surface area contributed by atoms with E-state index in [4.69, 9.17) is 9.63 Å². The standard InChI is InChI=1S/C15H15N3O3/c1-11-17-14(21-18-11)8-9-16-15(20)13-6-4-12(5-7-13)3-2-10-19/h4-7,19H,8-10H2,1H3,(H,16,20). The summed E-state index contributed by atoms with van der Waals surface area (Å²) in [5.41, 5.74) is 1.30. The molecular formula is C15H15N3O3. The van der Waals surface area contributed by atoms with Crippen molar-refractivity contribution in [1.29, 1.82) is 0 Å². The number of rotatable bonds is 4. The zero-order chi connectivity index (χ0) is 15.1. The predicted molar refractivity (Wildman–Crippen MR) is 75.5 cm³/mol. The SMILES string of the molecule is Cc1noc(CCNC(=O)c2ccc(C#CCO)cc2)n1. The van der Waals surface area contributed by atoms with Crippen LogP contribution in [0.15, 0.2) is 28.8 Å². The molecule has 0 aliphatic carbocycles. The van der Waals surface area contributed by atoms with Crippen LogP contribution in [0, 0.1) is 18.8 Å². The second-order valence-electron chi connectivity index (χ2n) is 4.28. The van der Waals surface area contributed by atoms with Crippen LogP contribution in [0.25, 0.3) is 0 Å². The molecule has 0 bridgehead atoms. The van der Waals surface area contributed by atoms with Gasteiger partial charge < -0.3 is 14.9 Å². The minimum atomic E-state index is -0.183. The van der Waals surface area contributed by atoms with Crippen LogP contribution in [0.5, 0.6) is 0 Å². The summed E-state index contributed by atoms with van der Waals surface area (Å²) in [6, 6.07) is 6.85. The van der Waals surface area contributed by atoms with Crippen molar-refractivity contribution in [3.05, 3.63) is 47.1 Å². The molecule has 0 saturated carbocycles. The number of amides is 1. The van der Waals surface area contributed by atoms with Crippen LogP contribution in [0.3, 0.4) is 0 Å². The average molecular weight is 285 g/mol. The third kappa shape index (κ3) is 4.44. The Bertz CT molecular complexity index is 665. The molecule has 1 amide bonds. The normalized spacial score (nSPS) is 9.81. The highest BCUT2D eigenvalue weighted by molar-refractivity contribution is 5.94. The summed E-state index contributed by atoms with van der Waals surface area (Å²) < 4.78 is 4.96. The van der Waals surface area contributed by atoms with Gasteiger partial charge in [0.15, 0.2) is 5.82 Å². The van der Waals surface area contributed by atoms with Gasteiger partial charge in [0.2, 0.25) is 5.89 Å². The first-order chi connectivity index (χ1) is 10.2.